The molecule has 2 aliphatic rings. The summed E-state index contributed by atoms with van der Waals surface area (Å²) >= 11 is 0. The third kappa shape index (κ3) is 6.30. The number of carbonyl (C=O) groups is 1. The molecular weight excluding hydrogens is 272 g/mol. The summed E-state index contributed by atoms with van der Waals surface area (Å²) in [6.45, 7) is 3.84. The molecule has 0 unspecified atom stereocenters. The third-order valence-corrected chi connectivity index (χ3v) is 6.04. The molecule has 2 aliphatic carbocycles. The second-order valence-electron chi connectivity index (χ2n) is 7.86. The van der Waals surface area contributed by atoms with Crippen LogP contribution in [0.25, 0.3) is 0 Å². The fourth-order valence-corrected chi connectivity index (χ4v) is 4.55. The van der Waals surface area contributed by atoms with E-state index in [1.165, 1.54) is 77.6 Å². The van der Waals surface area contributed by atoms with Gasteiger partial charge in [-0.1, -0.05) is 64.7 Å². The van der Waals surface area contributed by atoms with E-state index in [-0.39, 0.29) is 12.1 Å². The molecule has 0 atom stereocenters. The predicted molar refractivity (Wildman–Crippen MR) is 91.7 cm³/mol. The van der Waals surface area contributed by atoms with Gasteiger partial charge >= 0.3 is 5.97 Å². The van der Waals surface area contributed by atoms with E-state index >= 15 is 0 Å². The molecule has 0 aromatic rings. The maximum Gasteiger partial charge on any atom is 0.302 e. The molecule has 2 heteroatoms. The predicted octanol–water partition coefficient (Wildman–Crippen LogP) is 5.89. The number of hydrogen-bond acceptors (Lipinski definition) is 2. The molecule has 0 amide bonds. The fourth-order valence-electron chi connectivity index (χ4n) is 4.55. The van der Waals surface area contributed by atoms with E-state index in [9.17, 15) is 4.79 Å². The van der Waals surface area contributed by atoms with Gasteiger partial charge in [0.15, 0.2) is 0 Å². The molecular formula is C20H36O2. The molecule has 0 saturated heterocycles. The zero-order chi connectivity index (χ0) is 15.8. The number of rotatable bonds is 7. The SMILES string of the molecule is CCCC[C@H]1CC[C@H](CC[C@H]2CC[C@H](OC(C)=O)CC2)CC1. The average molecular weight is 309 g/mol. The van der Waals surface area contributed by atoms with Crippen molar-refractivity contribution in [3.05, 3.63) is 0 Å². The zero-order valence-electron chi connectivity index (χ0n) is 14.8. The molecule has 0 heterocycles. The molecule has 0 radical (unpaired) electrons. The van der Waals surface area contributed by atoms with E-state index in [0.717, 1.165) is 30.6 Å². The van der Waals surface area contributed by atoms with Crippen LogP contribution in [0.1, 0.15) is 97.3 Å². The van der Waals surface area contributed by atoms with E-state index in [2.05, 4.69) is 6.92 Å². The highest BCUT2D eigenvalue weighted by atomic mass is 16.5. The lowest BCUT2D eigenvalue weighted by atomic mass is 9.76. The standard InChI is InChI=1S/C20H36O2/c1-3-4-5-17-6-8-18(9-7-17)10-11-19-12-14-20(15-13-19)22-16(2)21/h17-20H,3-15H2,1-2H3/t17-,18-,19-,20-. The summed E-state index contributed by atoms with van der Waals surface area (Å²) in [6.07, 6.45) is 18.0. The van der Waals surface area contributed by atoms with Gasteiger partial charge in [0.1, 0.15) is 6.10 Å². The first-order valence-corrected chi connectivity index (χ1v) is 9.84. The van der Waals surface area contributed by atoms with Crippen LogP contribution in [-0.2, 0) is 9.53 Å². The maximum atomic E-state index is 11.0. The summed E-state index contributed by atoms with van der Waals surface area (Å²) in [7, 11) is 0. The van der Waals surface area contributed by atoms with Crippen LogP contribution in [-0.4, -0.2) is 12.1 Å². The van der Waals surface area contributed by atoms with Crippen LogP contribution < -0.4 is 0 Å². The van der Waals surface area contributed by atoms with Crippen molar-refractivity contribution in [3.63, 3.8) is 0 Å². The molecule has 0 aliphatic heterocycles. The van der Waals surface area contributed by atoms with Crippen molar-refractivity contribution in [2.45, 2.75) is 103 Å². The van der Waals surface area contributed by atoms with Gasteiger partial charge in [-0.15, -0.1) is 0 Å². The van der Waals surface area contributed by atoms with Crippen molar-refractivity contribution < 1.29 is 9.53 Å². The highest BCUT2D eigenvalue weighted by molar-refractivity contribution is 5.66. The Morgan fingerprint density at radius 3 is 1.73 bits per heavy atom. The van der Waals surface area contributed by atoms with Crippen LogP contribution >= 0.6 is 0 Å². The molecule has 2 nitrogen and oxygen atoms in total. The highest BCUT2D eigenvalue weighted by Gasteiger charge is 2.25. The molecule has 0 N–H and O–H groups in total. The quantitative estimate of drug-likeness (QED) is 0.548. The van der Waals surface area contributed by atoms with Crippen LogP contribution in [0.2, 0.25) is 0 Å². The van der Waals surface area contributed by atoms with E-state index in [1.807, 2.05) is 0 Å². The highest BCUT2D eigenvalue weighted by Crippen LogP contribution is 2.37. The van der Waals surface area contributed by atoms with Gasteiger partial charge in [0.25, 0.3) is 0 Å². The lowest BCUT2D eigenvalue weighted by Gasteiger charge is -2.31. The number of esters is 1. The molecule has 22 heavy (non-hydrogen) atoms. The lowest BCUT2D eigenvalue weighted by molar-refractivity contribution is -0.148. The molecule has 2 saturated carbocycles. The molecule has 0 bridgehead atoms. The summed E-state index contributed by atoms with van der Waals surface area (Å²) in [5, 5.41) is 0. The van der Waals surface area contributed by atoms with E-state index < -0.39 is 0 Å². The minimum absolute atomic E-state index is 0.108. The summed E-state index contributed by atoms with van der Waals surface area (Å²) in [5.74, 6) is 2.83. The van der Waals surface area contributed by atoms with Crippen molar-refractivity contribution in [3.8, 4) is 0 Å². The molecule has 0 aromatic heterocycles. The first kappa shape index (κ1) is 17.8. The number of hydrogen-bond donors (Lipinski definition) is 0. The normalized spacial score (nSPS) is 32.6. The molecule has 0 spiro atoms. The Balaban J connectivity index is 1.55. The molecule has 0 aromatic carbocycles. The average Bonchev–Trinajstić information content (AvgIpc) is 2.53. The molecule has 2 fully saturated rings. The van der Waals surface area contributed by atoms with Gasteiger partial charge in [0, 0.05) is 6.92 Å². The summed E-state index contributed by atoms with van der Waals surface area (Å²) in [4.78, 5) is 11.0. The van der Waals surface area contributed by atoms with Crippen LogP contribution in [0.4, 0.5) is 0 Å². The van der Waals surface area contributed by atoms with Crippen LogP contribution in [0, 0.1) is 17.8 Å². The van der Waals surface area contributed by atoms with Crippen LogP contribution in [0.5, 0.6) is 0 Å². The monoisotopic (exact) mass is 308 g/mol. The van der Waals surface area contributed by atoms with Crippen molar-refractivity contribution in [1.82, 2.24) is 0 Å². The van der Waals surface area contributed by atoms with E-state index in [1.54, 1.807) is 0 Å². The maximum absolute atomic E-state index is 11.0. The smallest absolute Gasteiger partial charge is 0.302 e. The van der Waals surface area contributed by atoms with Gasteiger partial charge in [-0.2, -0.15) is 0 Å². The van der Waals surface area contributed by atoms with Gasteiger partial charge in [-0.3, -0.25) is 4.79 Å². The first-order valence-electron chi connectivity index (χ1n) is 9.84. The van der Waals surface area contributed by atoms with E-state index in [4.69, 9.17) is 4.74 Å². The van der Waals surface area contributed by atoms with Crippen molar-refractivity contribution in [2.75, 3.05) is 0 Å². The fraction of sp³-hybridized carbons (Fsp3) is 0.950. The molecule has 2 rings (SSSR count). The van der Waals surface area contributed by atoms with Gasteiger partial charge in [-0.25, -0.2) is 0 Å². The Morgan fingerprint density at radius 2 is 1.27 bits per heavy atom. The Hall–Kier alpha value is -0.530. The van der Waals surface area contributed by atoms with Crippen molar-refractivity contribution in [1.29, 1.82) is 0 Å². The Bertz CT molecular complexity index is 310. The Kier molecular flexibility index (Phi) is 7.75. The van der Waals surface area contributed by atoms with Gasteiger partial charge < -0.3 is 4.74 Å². The topological polar surface area (TPSA) is 26.3 Å². The largest absolute Gasteiger partial charge is 0.463 e. The third-order valence-electron chi connectivity index (χ3n) is 6.04. The number of unbranched alkanes of at least 4 members (excludes halogenated alkanes) is 1. The van der Waals surface area contributed by atoms with Crippen LogP contribution in [0.15, 0.2) is 0 Å². The van der Waals surface area contributed by atoms with Crippen molar-refractivity contribution >= 4 is 5.97 Å². The van der Waals surface area contributed by atoms with Gasteiger partial charge in [-0.05, 0) is 43.4 Å². The van der Waals surface area contributed by atoms with Gasteiger partial charge in [0.2, 0.25) is 0 Å². The minimum Gasteiger partial charge on any atom is -0.463 e. The summed E-state index contributed by atoms with van der Waals surface area (Å²) in [5.41, 5.74) is 0. The van der Waals surface area contributed by atoms with E-state index in [0.29, 0.717) is 0 Å². The Labute approximate surface area is 137 Å². The van der Waals surface area contributed by atoms with Crippen molar-refractivity contribution in [2.24, 2.45) is 17.8 Å². The summed E-state index contributed by atoms with van der Waals surface area (Å²) < 4.78 is 5.34. The number of ether oxygens (including phenoxy) is 1. The Morgan fingerprint density at radius 1 is 0.818 bits per heavy atom. The second kappa shape index (κ2) is 9.57. The van der Waals surface area contributed by atoms with Crippen LogP contribution in [0.3, 0.4) is 0 Å². The summed E-state index contributed by atoms with van der Waals surface area (Å²) in [6, 6.07) is 0. The number of carbonyl (C=O) groups excluding carboxylic acids is 1. The first-order chi connectivity index (χ1) is 10.7. The second-order valence-corrected chi connectivity index (χ2v) is 7.86. The molecule has 128 valence electrons. The lowest BCUT2D eigenvalue weighted by Crippen LogP contribution is -2.24. The van der Waals surface area contributed by atoms with Gasteiger partial charge in [0.05, 0.1) is 0 Å². The zero-order valence-corrected chi connectivity index (χ0v) is 14.8. The minimum atomic E-state index is -0.108.